The fraction of sp³-hybridized carbons (Fsp3) is 0.364. The first-order chi connectivity index (χ1) is 9.11. The third kappa shape index (κ3) is 5.79. The van der Waals surface area contributed by atoms with Crippen LogP contribution in [-0.2, 0) is 0 Å². The Labute approximate surface area is 109 Å². The largest absolute Gasteiger partial charge is 0.573 e. The van der Waals surface area contributed by atoms with E-state index in [4.69, 9.17) is 5.26 Å². The SMILES string of the molecule is N#CC(NCC(F)(F)F)c1ccc(OC(F)(F)F)cc1. The maximum atomic E-state index is 12.0. The number of ether oxygens (including phenoxy) is 1. The normalized spacial score (nSPS) is 13.7. The molecule has 0 aliphatic carbocycles. The summed E-state index contributed by atoms with van der Waals surface area (Å²) in [4.78, 5) is 0. The average molecular weight is 298 g/mol. The van der Waals surface area contributed by atoms with E-state index in [2.05, 4.69) is 4.74 Å². The molecule has 0 aromatic heterocycles. The molecule has 1 aromatic rings. The van der Waals surface area contributed by atoms with Crippen molar-refractivity contribution in [2.45, 2.75) is 18.6 Å². The molecule has 0 amide bonds. The van der Waals surface area contributed by atoms with Gasteiger partial charge in [0.1, 0.15) is 11.8 Å². The quantitative estimate of drug-likeness (QED) is 0.867. The lowest BCUT2D eigenvalue weighted by Crippen LogP contribution is -2.31. The lowest BCUT2D eigenvalue weighted by atomic mass is 10.1. The van der Waals surface area contributed by atoms with E-state index in [0.29, 0.717) is 0 Å². The Hall–Kier alpha value is -1.95. The van der Waals surface area contributed by atoms with Crippen molar-refractivity contribution in [2.75, 3.05) is 6.54 Å². The molecule has 1 aromatic carbocycles. The number of hydrogen-bond acceptors (Lipinski definition) is 3. The third-order valence-corrected chi connectivity index (χ3v) is 2.08. The molecule has 110 valence electrons. The summed E-state index contributed by atoms with van der Waals surface area (Å²) in [6.45, 7) is -1.38. The van der Waals surface area contributed by atoms with Gasteiger partial charge in [-0.15, -0.1) is 13.2 Å². The second kappa shape index (κ2) is 6.00. The second-order valence-corrected chi connectivity index (χ2v) is 3.68. The predicted molar refractivity (Wildman–Crippen MR) is 55.5 cm³/mol. The number of nitrogens with zero attached hydrogens (tertiary/aromatic N) is 1. The number of hydrogen-bond donors (Lipinski definition) is 1. The second-order valence-electron chi connectivity index (χ2n) is 3.68. The Bertz CT molecular complexity index is 474. The van der Waals surface area contributed by atoms with Crippen LogP contribution < -0.4 is 10.1 Å². The van der Waals surface area contributed by atoms with Crippen LogP contribution in [0.4, 0.5) is 26.3 Å². The summed E-state index contributed by atoms with van der Waals surface area (Å²) in [6, 6.07) is 4.31. The van der Waals surface area contributed by atoms with E-state index in [0.717, 1.165) is 24.3 Å². The summed E-state index contributed by atoms with van der Waals surface area (Å²) < 4.78 is 75.3. The van der Waals surface area contributed by atoms with Gasteiger partial charge in [0.25, 0.3) is 0 Å². The van der Waals surface area contributed by atoms with Crippen LogP contribution in [0.2, 0.25) is 0 Å². The summed E-state index contributed by atoms with van der Waals surface area (Å²) in [7, 11) is 0. The molecule has 0 radical (unpaired) electrons. The van der Waals surface area contributed by atoms with Gasteiger partial charge in [0, 0.05) is 0 Å². The summed E-state index contributed by atoms with van der Waals surface area (Å²) in [5, 5.41) is 10.7. The van der Waals surface area contributed by atoms with Gasteiger partial charge in [-0.1, -0.05) is 12.1 Å². The molecule has 1 rings (SSSR count). The summed E-state index contributed by atoms with van der Waals surface area (Å²) >= 11 is 0. The number of nitriles is 1. The van der Waals surface area contributed by atoms with E-state index in [9.17, 15) is 26.3 Å². The zero-order valence-corrected chi connectivity index (χ0v) is 9.72. The number of halogens is 6. The monoisotopic (exact) mass is 298 g/mol. The van der Waals surface area contributed by atoms with E-state index in [1.54, 1.807) is 6.07 Å². The number of benzene rings is 1. The minimum atomic E-state index is -4.86. The molecule has 0 aliphatic heterocycles. The molecular formula is C11H8F6N2O. The van der Waals surface area contributed by atoms with Crippen LogP contribution in [0.25, 0.3) is 0 Å². The molecule has 0 bridgehead atoms. The van der Waals surface area contributed by atoms with Gasteiger partial charge in [-0.2, -0.15) is 18.4 Å². The Morgan fingerprint density at radius 2 is 1.65 bits per heavy atom. The standard InChI is InChI=1S/C11H8F6N2O/c12-10(13,14)6-19-9(5-18)7-1-3-8(4-2-7)20-11(15,16)17/h1-4,9,19H,6H2. The van der Waals surface area contributed by atoms with Crippen LogP contribution in [-0.4, -0.2) is 19.1 Å². The van der Waals surface area contributed by atoms with Crippen LogP contribution in [0.3, 0.4) is 0 Å². The molecule has 0 heterocycles. The van der Waals surface area contributed by atoms with Gasteiger partial charge >= 0.3 is 12.5 Å². The van der Waals surface area contributed by atoms with Crippen molar-refractivity contribution in [2.24, 2.45) is 0 Å². The highest BCUT2D eigenvalue weighted by atomic mass is 19.4. The van der Waals surface area contributed by atoms with Crippen molar-refractivity contribution in [1.82, 2.24) is 5.32 Å². The first kappa shape index (κ1) is 16.1. The molecular weight excluding hydrogens is 290 g/mol. The van der Waals surface area contributed by atoms with Crippen molar-refractivity contribution >= 4 is 0 Å². The molecule has 20 heavy (non-hydrogen) atoms. The summed E-state index contributed by atoms with van der Waals surface area (Å²) in [5.41, 5.74) is 0.103. The average Bonchev–Trinajstić information content (AvgIpc) is 2.28. The maximum absolute atomic E-state index is 12.0. The summed E-state index contributed by atoms with van der Waals surface area (Å²) in [5.74, 6) is -0.520. The molecule has 0 spiro atoms. The molecule has 1 atom stereocenters. The van der Waals surface area contributed by atoms with Crippen molar-refractivity contribution in [3.8, 4) is 11.8 Å². The number of nitrogens with one attached hydrogen (secondary N) is 1. The zero-order chi connectivity index (χ0) is 15.4. The fourth-order valence-electron chi connectivity index (χ4n) is 1.32. The third-order valence-electron chi connectivity index (χ3n) is 2.08. The molecule has 0 saturated carbocycles. The molecule has 0 aliphatic rings. The van der Waals surface area contributed by atoms with Gasteiger partial charge in [0.05, 0.1) is 12.6 Å². The lowest BCUT2D eigenvalue weighted by Gasteiger charge is -2.14. The molecule has 0 saturated heterocycles. The van der Waals surface area contributed by atoms with E-state index in [-0.39, 0.29) is 5.56 Å². The van der Waals surface area contributed by atoms with E-state index >= 15 is 0 Å². The van der Waals surface area contributed by atoms with Crippen LogP contribution in [0, 0.1) is 11.3 Å². The van der Waals surface area contributed by atoms with E-state index < -0.39 is 30.9 Å². The maximum Gasteiger partial charge on any atom is 0.573 e. The van der Waals surface area contributed by atoms with Crippen molar-refractivity contribution in [3.05, 3.63) is 29.8 Å². The lowest BCUT2D eigenvalue weighted by molar-refractivity contribution is -0.274. The first-order valence-corrected chi connectivity index (χ1v) is 5.16. The van der Waals surface area contributed by atoms with Crippen LogP contribution in [0.5, 0.6) is 5.75 Å². The molecule has 0 fully saturated rings. The topological polar surface area (TPSA) is 45.0 Å². The molecule has 9 heteroatoms. The highest BCUT2D eigenvalue weighted by Crippen LogP contribution is 2.24. The Morgan fingerprint density at radius 1 is 1.10 bits per heavy atom. The zero-order valence-electron chi connectivity index (χ0n) is 9.72. The Balaban J connectivity index is 2.73. The molecule has 1 N–H and O–H groups in total. The van der Waals surface area contributed by atoms with Gasteiger partial charge in [-0.05, 0) is 17.7 Å². The Kier molecular flexibility index (Phi) is 4.83. The minimum absolute atomic E-state index is 0.103. The van der Waals surface area contributed by atoms with Gasteiger partial charge in [0.15, 0.2) is 0 Å². The van der Waals surface area contributed by atoms with E-state index in [1.165, 1.54) is 0 Å². The number of alkyl halides is 6. The predicted octanol–water partition coefficient (Wildman–Crippen LogP) is 3.30. The van der Waals surface area contributed by atoms with Gasteiger partial charge in [-0.3, -0.25) is 5.32 Å². The van der Waals surface area contributed by atoms with Crippen molar-refractivity contribution in [1.29, 1.82) is 5.26 Å². The van der Waals surface area contributed by atoms with Crippen LogP contribution in [0.1, 0.15) is 11.6 Å². The molecule has 3 nitrogen and oxygen atoms in total. The number of rotatable bonds is 4. The Morgan fingerprint density at radius 3 is 2.05 bits per heavy atom. The van der Waals surface area contributed by atoms with Crippen molar-refractivity contribution in [3.63, 3.8) is 0 Å². The van der Waals surface area contributed by atoms with Gasteiger partial charge < -0.3 is 4.74 Å². The van der Waals surface area contributed by atoms with E-state index in [1.807, 2.05) is 5.32 Å². The first-order valence-electron chi connectivity index (χ1n) is 5.16. The van der Waals surface area contributed by atoms with Gasteiger partial charge in [-0.25, -0.2) is 0 Å². The summed E-state index contributed by atoms with van der Waals surface area (Å²) in [6.07, 6.45) is -9.35. The highest BCUT2D eigenvalue weighted by molar-refractivity contribution is 5.31. The highest BCUT2D eigenvalue weighted by Gasteiger charge is 2.31. The fourth-order valence-corrected chi connectivity index (χ4v) is 1.32. The van der Waals surface area contributed by atoms with Crippen LogP contribution >= 0.6 is 0 Å². The van der Waals surface area contributed by atoms with Crippen molar-refractivity contribution < 1.29 is 31.1 Å². The smallest absolute Gasteiger partial charge is 0.406 e. The van der Waals surface area contributed by atoms with Gasteiger partial charge in [0.2, 0.25) is 0 Å². The van der Waals surface area contributed by atoms with Crippen LogP contribution in [0.15, 0.2) is 24.3 Å². The minimum Gasteiger partial charge on any atom is -0.406 e. The molecule has 1 unspecified atom stereocenters.